The van der Waals surface area contributed by atoms with Crippen molar-refractivity contribution in [2.75, 3.05) is 13.0 Å². The van der Waals surface area contributed by atoms with Gasteiger partial charge in [-0.2, -0.15) is 0 Å². The Labute approximate surface area is 112 Å². The number of esters is 1. The van der Waals surface area contributed by atoms with Crippen molar-refractivity contribution in [2.45, 2.75) is 18.4 Å². The monoisotopic (exact) mass is 265 g/mol. The predicted molar refractivity (Wildman–Crippen MR) is 72.2 cm³/mol. The normalized spacial score (nSPS) is 26.2. The van der Waals surface area contributed by atoms with Crippen molar-refractivity contribution in [3.05, 3.63) is 35.9 Å². The number of hydrogen-bond donors (Lipinski definition) is 0. The number of alkyl halides is 1. The van der Waals surface area contributed by atoms with Crippen LogP contribution in [0.5, 0.6) is 0 Å². The van der Waals surface area contributed by atoms with E-state index in [-0.39, 0.29) is 11.9 Å². The Morgan fingerprint density at radius 1 is 1.56 bits per heavy atom. The lowest BCUT2D eigenvalue weighted by Crippen LogP contribution is -2.25. The molecule has 96 valence electrons. The van der Waals surface area contributed by atoms with Gasteiger partial charge >= 0.3 is 5.97 Å². The van der Waals surface area contributed by atoms with Gasteiger partial charge in [0.15, 0.2) is 5.54 Å². The molecule has 0 spiro atoms. The molecule has 2 rings (SSSR count). The fourth-order valence-electron chi connectivity index (χ4n) is 2.16. The van der Waals surface area contributed by atoms with Crippen LogP contribution in [0.15, 0.2) is 35.3 Å². The third-order valence-corrected chi connectivity index (χ3v) is 3.53. The minimum Gasteiger partial charge on any atom is -0.467 e. The Morgan fingerprint density at radius 2 is 2.28 bits per heavy atom. The number of rotatable bonds is 5. The molecule has 1 aromatic rings. The molecule has 1 aromatic carbocycles. The molecule has 0 N–H and O–H groups in total. The topological polar surface area (TPSA) is 38.7 Å². The summed E-state index contributed by atoms with van der Waals surface area (Å²) in [4.78, 5) is 16.3. The number of ether oxygens (including phenoxy) is 1. The summed E-state index contributed by atoms with van der Waals surface area (Å²) in [5.41, 5.74) is 0.289. The fourth-order valence-corrected chi connectivity index (χ4v) is 2.42. The SMILES string of the molecule is COC(=O)[C@]1(/N=C/c2ccccc2)C[C@H]1CCCl. The minimum absolute atomic E-state index is 0.211. The Hall–Kier alpha value is -1.35. The first kappa shape index (κ1) is 13.1. The van der Waals surface area contributed by atoms with E-state index in [1.165, 1.54) is 7.11 Å². The quantitative estimate of drug-likeness (QED) is 0.466. The second-order valence-corrected chi connectivity index (χ2v) is 4.84. The van der Waals surface area contributed by atoms with Gasteiger partial charge in [0, 0.05) is 12.1 Å². The number of hydrogen-bond acceptors (Lipinski definition) is 3. The summed E-state index contributed by atoms with van der Waals surface area (Å²) < 4.78 is 4.85. The zero-order valence-electron chi connectivity index (χ0n) is 10.3. The number of methoxy groups -OCH3 is 1. The number of carbonyl (C=O) groups is 1. The molecule has 3 nitrogen and oxygen atoms in total. The average Bonchev–Trinajstić information content (AvgIpc) is 3.12. The first-order valence-electron chi connectivity index (χ1n) is 5.97. The Balaban J connectivity index is 2.13. The number of aliphatic imine (C=N–C) groups is 1. The largest absolute Gasteiger partial charge is 0.467 e. The maximum atomic E-state index is 11.8. The van der Waals surface area contributed by atoms with E-state index in [9.17, 15) is 4.79 Å². The number of halogens is 1. The molecule has 0 aliphatic heterocycles. The van der Waals surface area contributed by atoms with Crippen molar-refractivity contribution in [1.29, 1.82) is 0 Å². The van der Waals surface area contributed by atoms with Gasteiger partial charge in [0.05, 0.1) is 7.11 Å². The third-order valence-electron chi connectivity index (χ3n) is 3.31. The first-order valence-corrected chi connectivity index (χ1v) is 6.51. The third kappa shape index (κ3) is 2.56. The molecule has 1 aliphatic rings. The standard InChI is InChI=1S/C14H16ClNO2/c1-18-13(17)14(9-12(14)7-8-15)16-10-11-5-3-2-4-6-11/h2-6,10,12H,7-9H2,1H3/b16-10+/t12-,14+/m1/s1. The fraction of sp³-hybridized carbons (Fsp3) is 0.429. The van der Waals surface area contributed by atoms with Gasteiger partial charge in [-0.15, -0.1) is 11.6 Å². The number of nitrogens with zero attached hydrogens (tertiary/aromatic N) is 1. The van der Waals surface area contributed by atoms with Crippen molar-refractivity contribution in [2.24, 2.45) is 10.9 Å². The molecule has 1 aliphatic carbocycles. The van der Waals surface area contributed by atoms with Gasteiger partial charge in [-0.3, -0.25) is 4.99 Å². The molecule has 1 fully saturated rings. The van der Waals surface area contributed by atoms with E-state index in [1.54, 1.807) is 6.21 Å². The van der Waals surface area contributed by atoms with Gasteiger partial charge in [0.25, 0.3) is 0 Å². The summed E-state index contributed by atoms with van der Waals surface area (Å²) in [7, 11) is 1.40. The molecule has 0 bridgehead atoms. The van der Waals surface area contributed by atoms with Gasteiger partial charge in [0.1, 0.15) is 0 Å². The molecule has 0 saturated heterocycles. The van der Waals surface area contributed by atoms with Gasteiger partial charge in [-0.1, -0.05) is 30.3 Å². The number of carbonyl (C=O) groups excluding carboxylic acids is 1. The Kier molecular flexibility index (Phi) is 4.02. The van der Waals surface area contributed by atoms with Gasteiger partial charge in [0.2, 0.25) is 0 Å². The van der Waals surface area contributed by atoms with E-state index in [0.29, 0.717) is 5.88 Å². The zero-order valence-corrected chi connectivity index (χ0v) is 11.1. The average molecular weight is 266 g/mol. The molecule has 18 heavy (non-hydrogen) atoms. The highest BCUT2D eigenvalue weighted by Crippen LogP contribution is 2.50. The van der Waals surface area contributed by atoms with E-state index in [1.807, 2.05) is 30.3 Å². The highest BCUT2D eigenvalue weighted by molar-refractivity contribution is 6.17. The van der Waals surface area contributed by atoms with E-state index < -0.39 is 5.54 Å². The van der Waals surface area contributed by atoms with Crippen molar-refractivity contribution >= 4 is 23.8 Å². The lowest BCUT2D eigenvalue weighted by Gasteiger charge is -2.09. The summed E-state index contributed by atoms with van der Waals surface area (Å²) in [6.07, 6.45) is 3.27. The molecular formula is C14H16ClNO2. The smallest absolute Gasteiger partial charge is 0.334 e. The summed E-state index contributed by atoms with van der Waals surface area (Å²) in [6.45, 7) is 0. The highest BCUT2D eigenvalue weighted by Gasteiger charge is 2.60. The van der Waals surface area contributed by atoms with E-state index >= 15 is 0 Å². The zero-order chi connectivity index (χ0) is 13.0. The van der Waals surface area contributed by atoms with Crippen LogP contribution in [-0.2, 0) is 9.53 Å². The summed E-state index contributed by atoms with van der Waals surface area (Å²) in [6, 6.07) is 9.73. The van der Waals surface area contributed by atoms with Crippen molar-refractivity contribution < 1.29 is 9.53 Å². The number of benzene rings is 1. The Bertz CT molecular complexity index is 446. The molecule has 0 radical (unpaired) electrons. The molecule has 4 heteroatoms. The van der Waals surface area contributed by atoms with Crippen molar-refractivity contribution in [3.8, 4) is 0 Å². The van der Waals surface area contributed by atoms with Crippen LogP contribution in [-0.4, -0.2) is 30.7 Å². The molecule has 2 atom stereocenters. The first-order chi connectivity index (χ1) is 8.73. The van der Waals surface area contributed by atoms with Crippen LogP contribution in [0.3, 0.4) is 0 Å². The molecule has 0 amide bonds. The maximum Gasteiger partial charge on any atom is 0.334 e. The molecule has 1 saturated carbocycles. The van der Waals surface area contributed by atoms with Crippen LogP contribution >= 0.6 is 11.6 Å². The maximum absolute atomic E-state index is 11.8. The molecule has 0 heterocycles. The minimum atomic E-state index is -0.695. The lowest BCUT2D eigenvalue weighted by atomic mass is 10.1. The lowest BCUT2D eigenvalue weighted by molar-refractivity contribution is -0.143. The van der Waals surface area contributed by atoms with Crippen LogP contribution in [0.2, 0.25) is 0 Å². The highest BCUT2D eigenvalue weighted by atomic mass is 35.5. The van der Waals surface area contributed by atoms with Gasteiger partial charge < -0.3 is 4.74 Å². The van der Waals surface area contributed by atoms with Crippen molar-refractivity contribution in [3.63, 3.8) is 0 Å². The van der Waals surface area contributed by atoms with Gasteiger partial charge in [-0.05, 0) is 24.3 Å². The molecule has 0 aromatic heterocycles. The van der Waals surface area contributed by atoms with Crippen LogP contribution in [0.4, 0.5) is 0 Å². The second kappa shape index (κ2) is 5.53. The summed E-state index contributed by atoms with van der Waals surface area (Å²) >= 11 is 5.72. The van der Waals surface area contributed by atoms with Gasteiger partial charge in [-0.25, -0.2) is 4.79 Å². The van der Waals surface area contributed by atoms with E-state index in [4.69, 9.17) is 16.3 Å². The van der Waals surface area contributed by atoms with Crippen molar-refractivity contribution in [1.82, 2.24) is 0 Å². The Morgan fingerprint density at radius 3 is 2.89 bits per heavy atom. The predicted octanol–water partition coefficient (Wildman–Crippen LogP) is 2.67. The molecular weight excluding hydrogens is 250 g/mol. The summed E-state index contributed by atoms with van der Waals surface area (Å²) in [5, 5.41) is 0. The molecule has 0 unspecified atom stereocenters. The van der Waals surface area contributed by atoms with E-state index in [0.717, 1.165) is 18.4 Å². The van der Waals surface area contributed by atoms with Crippen LogP contribution in [0.25, 0.3) is 0 Å². The summed E-state index contributed by atoms with van der Waals surface area (Å²) in [5.74, 6) is 0.497. The second-order valence-electron chi connectivity index (χ2n) is 4.46. The van der Waals surface area contributed by atoms with Crippen LogP contribution in [0.1, 0.15) is 18.4 Å². The van der Waals surface area contributed by atoms with Crippen LogP contribution < -0.4 is 0 Å². The van der Waals surface area contributed by atoms with E-state index in [2.05, 4.69) is 4.99 Å². The van der Waals surface area contributed by atoms with Crippen LogP contribution in [0, 0.1) is 5.92 Å².